The van der Waals surface area contributed by atoms with Crippen LogP contribution in [0.1, 0.15) is 59.8 Å². The summed E-state index contributed by atoms with van der Waals surface area (Å²) in [6.07, 6.45) is 5.91. The van der Waals surface area contributed by atoms with Gasteiger partial charge in [-0.3, -0.25) is 4.79 Å². The number of rotatable bonds is 8. The summed E-state index contributed by atoms with van der Waals surface area (Å²) in [5.41, 5.74) is 0. The van der Waals surface area contributed by atoms with E-state index in [1.807, 2.05) is 13.8 Å². The molecule has 0 saturated heterocycles. The fourth-order valence-electron chi connectivity index (χ4n) is 1.86. The molecule has 15 heavy (non-hydrogen) atoms. The number of hydrogen-bond donors (Lipinski definition) is 0. The quantitative estimate of drug-likeness (QED) is 0.575. The zero-order chi connectivity index (χ0) is 11.7. The molecule has 0 aliphatic carbocycles. The molecule has 0 amide bonds. The number of hydrogen-bond acceptors (Lipinski definition) is 2. The van der Waals surface area contributed by atoms with Gasteiger partial charge in [-0.15, -0.1) is 0 Å². The molecule has 0 fully saturated rings. The first-order valence-corrected chi connectivity index (χ1v) is 6.32. The molecule has 0 rings (SSSR count). The normalized spacial score (nSPS) is 14.7. The van der Waals surface area contributed by atoms with E-state index in [1.165, 1.54) is 25.7 Å². The lowest BCUT2D eigenvalue weighted by molar-refractivity contribution is -0.148. The third-order valence-corrected chi connectivity index (χ3v) is 2.92. The summed E-state index contributed by atoms with van der Waals surface area (Å²) in [6.45, 7) is 8.75. The van der Waals surface area contributed by atoms with Crippen LogP contribution in [0.25, 0.3) is 0 Å². The highest BCUT2D eigenvalue weighted by atomic mass is 16.5. The van der Waals surface area contributed by atoms with Gasteiger partial charge in [-0.25, -0.2) is 0 Å². The Balaban J connectivity index is 3.88. The van der Waals surface area contributed by atoms with Gasteiger partial charge in [-0.2, -0.15) is 0 Å². The van der Waals surface area contributed by atoms with Gasteiger partial charge in [-0.1, -0.05) is 46.5 Å². The van der Waals surface area contributed by atoms with E-state index in [-0.39, 0.29) is 11.9 Å². The summed E-state index contributed by atoms with van der Waals surface area (Å²) in [5, 5.41) is 0. The molecule has 0 heterocycles. The first-order chi connectivity index (χ1) is 7.15. The maximum atomic E-state index is 11.4. The van der Waals surface area contributed by atoms with Crippen molar-refractivity contribution in [1.82, 2.24) is 0 Å². The van der Waals surface area contributed by atoms with Gasteiger partial charge in [0.1, 0.15) is 0 Å². The third kappa shape index (κ3) is 6.53. The highest BCUT2D eigenvalue weighted by Crippen LogP contribution is 2.22. The van der Waals surface area contributed by atoms with Crippen LogP contribution in [0.2, 0.25) is 0 Å². The van der Waals surface area contributed by atoms with E-state index < -0.39 is 0 Å². The van der Waals surface area contributed by atoms with Crippen molar-refractivity contribution >= 4 is 5.97 Å². The molecule has 0 aromatic heterocycles. The van der Waals surface area contributed by atoms with Gasteiger partial charge in [-0.05, 0) is 19.3 Å². The van der Waals surface area contributed by atoms with E-state index in [2.05, 4.69) is 13.8 Å². The minimum Gasteiger partial charge on any atom is -0.466 e. The van der Waals surface area contributed by atoms with Crippen LogP contribution in [0.4, 0.5) is 0 Å². The molecule has 0 radical (unpaired) electrons. The number of unbranched alkanes of at least 4 members (excludes halogenated alkanes) is 1. The molecular weight excluding hydrogens is 188 g/mol. The fourth-order valence-corrected chi connectivity index (χ4v) is 1.86. The Morgan fingerprint density at radius 1 is 1.27 bits per heavy atom. The van der Waals surface area contributed by atoms with Crippen molar-refractivity contribution in [1.29, 1.82) is 0 Å². The topological polar surface area (TPSA) is 26.3 Å². The molecule has 90 valence electrons. The molecule has 0 aliphatic rings. The number of carbonyl (C=O) groups is 1. The van der Waals surface area contributed by atoms with Crippen molar-refractivity contribution in [2.45, 2.75) is 59.8 Å². The summed E-state index contributed by atoms with van der Waals surface area (Å²) < 4.78 is 5.01. The monoisotopic (exact) mass is 214 g/mol. The Morgan fingerprint density at radius 3 is 2.40 bits per heavy atom. The second-order valence-electron chi connectivity index (χ2n) is 4.31. The van der Waals surface area contributed by atoms with Crippen LogP contribution in [-0.4, -0.2) is 12.6 Å². The highest BCUT2D eigenvalue weighted by molar-refractivity contribution is 5.71. The van der Waals surface area contributed by atoms with Gasteiger partial charge in [0, 0.05) is 0 Å². The maximum Gasteiger partial charge on any atom is 0.308 e. The van der Waals surface area contributed by atoms with E-state index in [0.717, 1.165) is 6.42 Å². The number of carbonyl (C=O) groups excluding carboxylic acids is 1. The van der Waals surface area contributed by atoms with Crippen LogP contribution in [0.15, 0.2) is 0 Å². The van der Waals surface area contributed by atoms with Gasteiger partial charge in [0.25, 0.3) is 0 Å². The Bertz CT molecular complexity index is 166. The van der Waals surface area contributed by atoms with Gasteiger partial charge in [0.15, 0.2) is 0 Å². The molecule has 0 aliphatic heterocycles. The largest absolute Gasteiger partial charge is 0.466 e. The molecule has 0 bridgehead atoms. The lowest BCUT2D eigenvalue weighted by Gasteiger charge is -2.18. The molecule has 0 aromatic rings. The zero-order valence-corrected chi connectivity index (χ0v) is 10.7. The van der Waals surface area contributed by atoms with Crippen molar-refractivity contribution in [2.75, 3.05) is 6.61 Å². The fraction of sp³-hybridized carbons (Fsp3) is 0.923. The molecule has 2 atom stereocenters. The van der Waals surface area contributed by atoms with Crippen molar-refractivity contribution in [3.8, 4) is 0 Å². The summed E-state index contributed by atoms with van der Waals surface area (Å²) in [5.74, 6) is 0.712. The summed E-state index contributed by atoms with van der Waals surface area (Å²) in [7, 11) is 0. The second kappa shape index (κ2) is 8.75. The van der Waals surface area contributed by atoms with E-state index in [0.29, 0.717) is 12.5 Å². The summed E-state index contributed by atoms with van der Waals surface area (Å²) >= 11 is 0. The highest BCUT2D eigenvalue weighted by Gasteiger charge is 2.18. The lowest BCUT2D eigenvalue weighted by atomic mass is 9.89. The summed E-state index contributed by atoms with van der Waals surface area (Å²) in [4.78, 5) is 11.4. The molecule has 2 heteroatoms. The first-order valence-electron chi connectivity index (χ1n) is 6.32. The van der Waals surface area contributed by atoms with Crippen LogP contribution in [0, 0.1) is 11.8 Å². The molecule has 0 spiro atoms. The Labute approximate surface area is 94.4 Å². The van der Waals surface area contributed by atoms with E-state index >= 15 is 0 Å². The molecule has 0 N–H and O–H groups in total. The molecular formula is C13H26O2. The van der Waals surface area contributed by atoms with Gasteiger partial charge >= 0.3 is 5.97 Å². The van der Waals surface area contributed by atoms with Gasteiger partial charge in [0.05, 0.1) is 12.5 Å². The summed E-state index contributed by atoms with van der Waals surface area (Å²) in [6, 6.07) is 0. The molecule has 0 saturated carbocycles. The minimum atomic E-state index is -0.0348. The van der Waals surface area contributed by atoms with Crippen molar-refractivity contribution in [3.05, 3.63) is 0 Å². The molecule has 2 nitrogen and oxygen atoms in total. The van der Waals surface area contributed by atoms with Crippen LogP contribution in [-0.2, 0) is 9.53 Å². The predicted octanol–water partition coefficient (Wildman–Crippen LogP) is 3.79. The smallest absolute Gasteiger partial charge is 0.308 e. The minimum absolute atomic E-state index is 0.0348. The van der Waals surface area contributed by atoms with Crippen molar-refractivity contribution in [3.63, 3.8) is 0 Å². The van der Waals surface area contributed by atoms with Crippen LogP contribution >= 0.6 is 0 Å². The van der Waals surface area contributed by atoms with Crippen molar-refractivity contribution in [2.24, 2.45) is 11.8 Å². The number of esters is 1. The van der Waals surface area contributed by atoms with Gasteiger partial charge in [0.2, 0.25) is 0 Å². The Kier molecular flexibility index (Phi) is 8.44. The molecule has 2 unspecified atom stereocenters. The second-order valence-corrected chi connectivity index (χ2v) is 4.31. The maximum absolute atomic E-state index is 11.4. The first kappa shape index (κ1) is 14.5. The van der Waals surface area contributed by atoms with Gasteiger partial charge < -0.3 is 4.74 Å². The zero-order valence-electron chi connectivity index (χ0n) is 10.7. The lowest BCUT2D eigenvalue weighted by Crippen LogP contribution is -2.18. The number of ether oxygens (including phenoxy) is 1. The van der Waals surface area contributed by atoms with Crippen LogP contribution in [0.5, 0.6) is 0 Å². The average molecular weight is 214 g/mol. The van der Waals surface area contributed by atoms with E-state index in [1.54, 1.807) is 0 Å². The Hall–Kier alpha value is -0.530. The van der Waals surface area contributed by atoms with Crippen molar-refractivity contribution < 1.29 is 9.53 Å². The van der Waals surface area contributed by atoms with Crippen LogP contribution in [0.3, 0.4) is 0 Å². The molecule has 0 aromatic carbocycles. The van der Waals surface area contributed by atoms with E-state index in [4.69, 9.17) is 4.74 Å². The Morgan fingerprint density at radius 2 is 1.93 bits per heavy atom. The van der Waals surface area contributed by atoms with E-state index in [9.17, 15) is 4.79 Å². The predicted molar refractivity (Wildman–Crippen MR) is 63.7 cm³/mol. The van der Waals surface area contributed by atoms with Crippen LogP contribution < -0.4 is 0 Å². The average Bonchev–Trinajstić information content (AvgIpc) is 2.24. The standard InChI is InChI=1S/C13H26O2/c1-5-8-9-12(6-2)10-11(4)13(14)15-7-3/h11-12H,5-10H2,1-4H3. The SMILES string of the molecule is CCCCC(CC)CC(C)C(=O)OCC. The third-order valence-electron chi connectivity index (χ3n) is 2.92.